The predicted molar refractivity (Wildman–Crippen MR) is 90.0 cm³/mol. The van der Waals surface area contributed by atoms with Gasteiger partial charge in [0.15, 0.2) is 5.65 Å². The Hall–Kier alpha value is -2.19. The first-order valence-electron chi connectivity index (χ1n) is 7.44. The molecule has 1 aliphatic rings. The van der Waals surface area contributed by atoms with Crippen molar-refractivity contribution in [3.05, 3.63) is 30.7 Å². The summed E-state index contributed by atoms with van der Waals surface area (Å²) in [7, 11) is -3.18. The van der Waals surface area contributed by atoms with Gasteiger partial charge in [-0.25, -0.2) is 23.1 Å². The van der Waals surface area contributed by atoms with Gasteiger partial charge in [0.25, 0.3) is 0 Å². The minimum absolute atomic E-state index is 0.0562. The molecule has 4 heterocycles. The molecule has 7 nitrogen and oxygen atoms in total. The average Bonchev–Trinajstić information content (AvgIpc) is 3.13. The zero-order chi connectivity index (χ0) is 16.0. The number of aromatic nitrogens is 3. The lowest BCUT2D eigenvalue weighted by Gasteiger charge is -2.21. The average molecular weight is 331 g/mol. The van der Waals surface area contributed by atoms with Crippen LogP contribution in [-0.4, -0.2) is 48.8 Å². The van der Waals surface area contributed by atoms with Crippen LogP contribution in [0.4, 0.5) is 5.69 Å². The van der Waals surface area contributed by atoms with Crippen LogP contribution >= 0.6 is 0 Å². The Morgan fingerprint density at radius 1 is 1.35 bits per heavy atom. The first-order chi connectivity index (χ1) is 11.0. The highest BCUT2D eigenvalue weighted by Gasteiger charge is 2.26. The standard InChI is InChI=1S/C15H17N5O2S/c1-23(21,22)19-10-4-7-20(9-10)13-3-6-16-12-8-18-15-11(14(12)13)2-5-17-15/h2-3,5-6,8,10,16,19H,4,7,9H2,1H3. The van der Waals surface area contributed by atoms with Gasteiger partial charge in [-0.15, -0.1) is 0 Å². The molecule has 1 unspecified atom stereocenters. The second kappa shape index (κ2) is 5.17. The molecule has 1 aliphatic heterocycles. The quantitative estimate of drug-likeness (QED) is 0.753. The number of hydrogen-bond donors (Lipinski definition) is 2. The Morgan fingerprint density at radius 2 is 2.22 bits per heavy atom. The summed E-state index contributed by atoms with van der Waals surface area (Å²) in [5, 5.41) is 2.09. The van der Waals surface area contributed by atoms with Crippen molar-refractivity contribution in [2.75, 3.05) is 24.2 Å². The number of sulfonamides is 1. The van der Waals surface area contributed by atoms with Crippen molar-refractivity contribution in [2.45, 2.75) is 12.5 Å². The van der Waals surface area contributed by atoms with Crippen molar-refractivity contribution in [2.24, 2.45) is 0 Å². The first kappa shape index (κ1) is 14.4. The minimum Gasteiger partial charge on any atom is -0.369 e. The maximum absolute atomic E-state index is 11.4. The summed E-state index contributed by atoms with van der Waals surface area (Å²) in [6, 6.07) is 3.93. The van der Waals surface area contributed by atoms with E-state index in [0.29, 0.717) is 6.54 Å². The van der Waals surface area contributed by atoms with E-state index in [9.17, 15) is 8.42 Å². The van der Waals surface area contributed by atoms with Gasteiger partial charge in [0, 0.05) is 48.0 Å². The van der Waals surface area contributed by atoms with Crippen LogP contribution in [0, 0.1) is 0 Å². The Bertz CT molecular complexity index is 982. The SMILES string of the molecule is CS(=O)(=O)NC1CCN(c2cc[nH]c3cnc4nccc4c23)C1. The molecule has 1 fully saturated rings. The van der Waals surface area contributed by atoms with Crippen molar-refractivity contribution in [3.8, 4) is 0 Å². The molecule has 0 aliphatic carbocycles. The molecule has 0 aromatic carbocycles. The molecular formula is C15H17N5O2S. The fourth-order valence-electron chi connectivity index (χ4n) is 3.28. The minimum atomic E-state index is -3.18. The van der Waals surface area contributed by atoms with Crippen molar-refractivity contribution in [1.29, 1.82) is 0 Å². The van der Waals surface area contributed by atoms with Crippen molar-refractivity contribution >= 4 is 37.6 Å². The molecule has 1 saturated heterocycles. The lowest BCUT2D eigenvalue weighted by Crippen LogP contribution is -2.36. The lowest BCUT2D eigenvalue weighted by molar-refractivity contribution is 0.567. The Labute approximate surface area is 133 Å². The Kier molecular flexibility index (Phi) is 3.24. The number of pyridine rings is 2. The summed E-state index contributed by atoms with van der Waals surface area (Å²) >= 11 is 0. The normalized spacial score (nSPS) is 19.0. The van der Waals surface area contributed by atoms with E-state index in [-0.39, 0.29) is 6.04 Å². The molecular weight excluding hydrogens is 314 g/mol. The molecule has 0 radical (unpaired) electrons. The van der Waals surface area contributed by atoms with Gasteiger partial charge in [-0.05, 0) is 18.6 Å². The third-order valence-corrected chi connectivity index (χ3v) is 4.94. The van der Waals surface area contributed by atoms with Crippen LogP contribution in [-0.2, 0) is 10.0 Å². The van der Waals surface area contributed by atoms with E-state index in [2.05, 4.69) is 24.6 Å². The van der Waals surface area contributed by atoms with E-state index in [1.807, 2.05) is 18.3 Å². The van der Waals surface area contributed by atoms with Crippen molar-refractivity contribution < 1.29 is 8.42 Å². The maximum Gasteiger partial charge on any atom is 0.209 e. The van der Waals surface area contributed by atoms with E-state index in [1.54, 1.807) is 12.4 Å². The van der Waals surface area contributed by atoms with Crippen LogP contribution in [0.25, 0.3) is 21.9 Å². The fourth-order valence-corrected chi connectivity index (χ4v) is 4.08. The van der Waals surface area contributed by atoms with Crippen molar-refractivity contribution in [3.63, 3.8) is 0 Å². The van der Waals surface area contributed by atoms with Crippen LogP contribution in [0.5, 0.6) is 0 Å². The number of rotatable bonds is 3. The summed E-state index contributed by atoms with van der Waals surface area (Å²) < 4.78 is 25.6. The van der Waals surface area contributed by atoms with Crippen LogP contribution < -0.4 is 9.62 Å². The predicted octanol–water partition coefficient (Wildman–Crippen LogP) is 1.24. The highest BCUT2D eigenvalue weighted by molar-refractivity contribution is 7.88. The second-order valence-electron chi connectivity index (χ2n) is 5.91. The topological polar surface area (TPSA) is 91.0 Å². The molecule has 23 heavy (non-hydrogen) atoms. The zero-order valence-electron chi connectivity index (χ0n) is 12.7. The molecule has 8 heteroatoms. The van der Waals surface area contributed by atoms with Gasteiger partial charge in [-0.3, -0.25) is 0 Å². The van der Waals surface area contributed by atoms with Gasteiger partial charge in [-0.2, -0.15) is 0 Å². The summed E-state index contributed by atoms with van der Waals surface area (Å²) in [4.78, 5) is 14.0. The Balaban J connectivity index is 1.76. The number of aromatic amines is 1. The molecule has 1 atom stereocenters. The number of anilines is 1. The summed E-state index contributed by atoms with van der Waals surface area (Å²) in [6.07, 6.45) is 7.43. The smallest absolute Gasteiger partial charge is 0.209 e. The van der Waals surface area contributed by atoms with E-state index >= 15 is 0 Å². The third-order valence-electron chi connectivity index (χ3n) is 4.18. The lowest BCUT2D eigenvalue weighted by atomic mass is 10.1. The fraction of sp³-hybridized carbons (Fsp3) is 0.333. The van der Waals surface area contributed by atoms with E-state index in [0.717, 1.165) is 40.6 Å². The van der Waals surface area contributed by atoms with E-state index in [4.69, 9.17) is 0 Å². The molecule has 0 spiro atoms. The van der Waals surface area contributed by atoms with Crippen LogP contribution in [0.2, 0.25) is 0 Å². The molecule has 120 valence electrons. The highest BCUT2D eigenvalue weighted by atomic mass is 32.2. The molecule has 0 saturated carbocycles. The monoisotopic (exact) mass is 331 g/mol. The number of nitrogens with one attached hydrogen (secondary N) is 2. The van der Waals surface area contributed by atoms with Crippen molar-refractivity contribution in [1.82, 2.24) is 19.7 Å². The van der Waals surface area contributed by atoms with Crippen LogP contribution in [0.15, 0.2) is 30.7 Å². The molecule has 3 aromatic rings. The van der Waals surface area contributed by atoms with Gasteiger partial charge < -0.3 is 9.88 Å². The summed E-state index contributed by atoms with van der Waals surface area (Å²) in [5.74, 6) is 0. The maximum atomic E-state index is 11.4. The number of fused-ring (bicyclic) bond motifs is 3. The van der Waals surface area contributed by atoms with Gasteiger partial charge in [0.05, 0.1) is 18.0 Å². The van der Waals surface area contributed by atoms with Crippen LogP contribution in [0.3, 0.4) is 0 Å². The van der Waals surface area contributed by atoms with E-state index < -0.39 is 10.0 Å². The molecule has 4 rings (SSSR count). The third kappa shape index (κ3) is 2.64. The number of hydrogen-bond acceptors (Lipinski definition) is 5. The van der Waals surface area contributed by atoms with Gasteiger partial charge >= 0.3 is 0 Å². The summed E-state index contributed by atoms with van der Waals surface area (Å²) in [5.41, 5.74) is 2.75. The van der Waals surface area contributed by atoms with Gasteiger partial charge in [0.1, 0.15) is 0 Å². The molecule has 0 amide bonds. The van der Waals surface area contributed by atoms with Gasteiger partial charge in [-0.1, -0.05) is 0 Å². The highest BCUT2D eigenvalue weighted by Crippen LogP contribution is 2.32. The molecule has 0 bridgehead atoms. The largest absolute Gasteiger partial charge is 0.369 e. The molecule has 3 aromatic heterocycles. The van der Waals surface area contributed by atoms with Crippen LogP contribution in [0.1, 0.15) is 6.42 Å². The zero-order valence-corrected chi connectivity index (χ0v) is 13.5. The Morgan fingerprint density at radius 3 is 3.04 bits per heavy atom. The number of nitrogens with zero attached hydrogens (tertiary/aromatic N) is 3. The first-order valence-corrected chi connectivity index (χ1v) is 9.33. The van der Waals surface area contributed by atoms with E-state index in [1.165, 1.54) is 6.26 Å². The second-order valence-corrected chi connectivity index (χ2v) is 7.69. The van der Waals surface area contributed by atoms with Gasteiger partial charge in [0.2, 0.25) is 10.0 Å². The number of H-pyrrole nitrogens is 1. The molecule has 2 N–H and O–H groups in total. The summed E-state index contributed by atoms with van der Waals surface area (Å²) in [6.45, 7) is 1.47.